The van der Waals surface area contributed by atoms with Crippen molar-refractivity contribution in [1.82, 2.24) is 20.1 Å². The van der Waals surface area contributed by atoms with Gasteiger partial charge in [0.15, 0.2) is 5.65 Å². The molecule has 2 heterocycles. The molecule has 0 radical (unpaired) electrons. The molecular formula is C18H24N4O3. The van der Waals surface area contributed by atoms with Crippen LogP contribution in [0.4, 0.5) is 0 Å². The number of aryl methyl sites for hydroxylation is 2. The van der Waals surface area contributed by atoms with Crippen molar-refractivity contribution < 1.29 is 14.7 Å². The first-order chi connectivity index (χ1) is 11.8. The van der Waals surface area contributed by atoms with Crippen LogP contribution in [0.1, 0.15) is 60.8 Å². The Kier molecular flexibility index (Phi) is 4.49. The number of aromatic nitrogens is 3. The summed E-state index contributed by atoms with van der Waals surface area (Å²) < 4.78 is 1.68. The second-order valence-corrected chi connectivity index (χ2v) is 7.27. The van der Waals surface area contributed by atoms with Gasteiger partial charge in [-0.25, -0.2) is 9.78 Å². The largest absolute Gasteiger partial charge is 0.480 e. The summed E-state index contributed by atoms with van der Waals surface area (Å²) in [7, 11) is 1.81. The van der Waals surface area contributed by atoms with Crippen LogP contribution in [0.2, 0.25) is 0 Å². The van der Waals surface area contributed by atoms with E-state index in [0.717, 1.165) is 18.5 Å². The number of carboxylic acids is 1. The molecule has 7 nitrogen and oxygen atoms in total. The van der Waals surface area contributed by atoms with Crippen LogP contribution in [0.15, 0.2) is 6.07 Å². The van der Waals surface area contributed by atoms with Gasteiger partial charge in [-0.05, 0) is 38.2 Å². The maximum Gasteiger partial charge on any atom is 0.326 e. The van der Waals surface area contributed by atoms with E-state index in [4.69, 9.17) is 0 Å². The maximum atomic E-state index is 12.9. The van der Waals surface area contributed by atoms with E-state index in [1.54, 1.807) is 17.8 Å². The molecule has 25 heavy (non-hydrogen) atoms. The van der Waals surface area contributed by atoms with Gasteiger partial charge in [-0.1, -0.05) is 13.8 Å². The second kappa shape index (κ2) is 6.46. The molecule has 2 N–H and O–H groups in total. The third kappa shape index (κ3) is 3.50. The second-order valence-electron chi connectivity index (χ2n) is 7.27. The fraction of sp³-hybridized carbons (Fsp3) is 0.556. The van der Waals surface area contributed by atoms with E-state index in [9.17, 15) is 14.7 Å². The average molecular weight is 344 g/mol. The number of nitrogens with one attached hydrogen (secondary N) is 1. The number of fused-ring (bicyclic) bond motifs is 1. The number of amides is 1. The smallest absolute Gasteiger partial charge is 0.326 e. The molecule has 1 aliphatic rings. The standard InChI is InChI=1S/C18H24N4O3/c1-9(2)7-14(18(24)25)20-17(23)12-8-13(11-5-6-11)19-16-15(12)10(3)21-22(16)4/h8-9,11,14H,5-7H2,1-4H3,(H,20,23)(H,24,25)/t14-/m1/s1. The zero-order chi connectivity index (χ0) is 18.3. The Morgan fingerprint density at radius 2 is 2.08 bits per heavy atom. The van der Waals surface area contributed by atoms with Gasteiger partial charge in [-0.3, -0.25) is 9.48 Å². The predicted octanol–water partition coefficient (Wildman–Crippen LogP) is 2.38. The molecule has 7 heteroatoms. The number of nitrogens with zero attached hydrogens (tertiary/aromatic N) is 3. The first kappa shape index (κ1) is 17.4. The van der Waals surface area contributed by atoms with E-state index in [2.05, 4.69) is 15.4 Å². The summed E-state index contributed by atoms with van der Waals surface area (Å²) in [4.78, 5) is 29.0. The molecule has 2 aromatic heterocycles. The fourth-order valence-electron chi connectivity index (χ4n) is 3.16. The number of hydrogen-bond donors (Lipinski definition) is 2. The molecule has 134 valence electrons. The topological polar surface area (TPSA) is 97.1 Å². The van der Waals surface area contributed by atoms with Crippen LogP contribution >= 0.6 is 0 Å². The van der Waals surface area contributed by atoms with Gasteiger partial charge in [-0.15, -0.1) is 0 Å². The molecule has 1 aliphatic carbocycles. The Hall–Kier alpha value is -2.44. The summed E-state index contributed by atoms with van der Waals surface area (Å²) in [5, 5.41) is 17.1. The SMILES string of the molecule is Cc1nn(C)c2nc(C3CC3)cc(C(=O)N[C@H](CC(C)C)C(=O)O)c12. The Balaban J connectivity index is 2.01. The molecular weight excluding hydrogens is 320 g/mol. The summed E-state index contributed by atoms with van der Waals surface area (Å²) in [6.07, 6.45) is 2.53. The van der Waals surface area contributed by atoms with E-state index in [-0.39, 0.29) is 11.8 Å². The molecule has 1 atom stereocenters. The summed E-state index contributed by atoms with van der Waals surface area (Å²) >= 11 is 0. The van der Waals surface area contributed by atoms with E-state index < -0.39 is 12.0 Å². The van der Waals surface area contributed by atoms with Crippen molar-refractivity contribution in [2.24, 2.45) is 13.0 Å². The molecule has 0 aliphatic heterocycles. The van der Waals surface area contributed by atoms with E-state index in [1.165, 1.54) is 0 Å². The van der Waals surface area contributed by atoms with Gasteiger partial charge in [0, 0.05) is 18.7 Å². The minimum absolute atomic E-state index is 0.168. The van der Waals surface area contributed by atoms with Crippen LogP contribution in [0.5, 0.6) is 0 Å². The Morgan fingerprint density at radius 3 is 2.64 bits per heavy atom. The zero-order valence-electron chi connectivity index (χ0n) is 15.0. The highest BCUT2D eigenvalue weighted by atomic mass is 16.4. The number of carbonyl (C=O) groups is 2. The van der Waals surface area contributed by atoms with Gasteiger partial charge < -0.3 is 10.4 Å². The lowest BCUT2D eigenvalue weighted by Gasteiger charge is -2.17. The molecule has 3 rings (SSSR count). The normalized spacial score (nSPS) is 15.6. The molecule has 0 spiro atoms. The van der Waals surface area contributed by atoms with Gasteiger partial charge >= 0.3 is 5.97 Å². The highest BCUT2D eigenvalue weighted by Crippen LogP contribution is 2.40. The number of pyridine rings is 1. The van der Waals surface area contributed by atoms with Crippen molar-refractivity contribution in [3.63, 3.8) is 0 Å². The minimum atomic E-state index is -1.02. The highest BCUT2D eigenvalue weighted by molar-refractivity contribution is 6.07. The Bertz CT molecular complexity index is 836. The molecule has 1 fully saturated rings. The third-order valence-electron chi connectivity index (χ3n) is 4.54. The van der Waals surface area contributed by atoms with E-state index in [0.29, 0.717) is 34.6 Å². The summed E-state index contributed by atoms with van der Waals surface area (Å²) in [6, 6.07) is 0.898. The molecule has 1 amide bonds. The predicted molar refractivity (Wildman–Crippen MR) is 93.6 cm³/mol. The Morgan fingerprint density at radius 1 is 1.40 bits per heavy atom. The van der Waals surface area contributed by atoms with Crippen molar-refractivity contribution in [2.45, 2.75) is 52.0 Å². The van der Waals surface area contributed by atoms with Crippen molar-refractivity contribution in [3.05, 3.63) is 23.0 Å². The fourth-order valence-corrected chi connectivity index (χ4v) is 3.16. The van der Waals surface area contributed by atoms with Crippen LogP contribution in [-0.2, 0) is 11.8 Å². The van der Waals surface area contributed by atoms with Crippen LogP contribution < -0.4 is 5.32 Å². The zero-order valence-corrected chi connectivity index (χ0v) is 15.0. The number of aliphatic carboxylic acids is 1. The first-order valence-electron chi connectivity index (χ1n) is 8.65. The molecule has 0 aromatic carbocycles. The summed E-state index contributed by atoms with van der Waals surface area (Å²) in [6.45, 7) is 5.70. The van der Waals surface area contributed by atoms with E-state index >= 15 is 0 Å². The summed E-state index contributed by atoms with van der Waals surface area (Å²) in [5.41, 5.74) is 2.74. The molecule has 2 aromatic rings. The molecule has 0 unspecified atom stereocenters. The van der Waals surface area contributed by atoms with Gasteiger partial charge in [0.1, 0.15) is 6.04 Å². The third-order valence-corrected chi connectivity index (χ3v) is 4.54. The van der Waals surface area contributed by atoms with Crippen LogP contribution in [0.25, 0.3) is 11.0 Å². The maximum absolute atomic E-state index is 12.9. The lowest BCUT2D eigenvalue weighted by Crippen LogP contribution is -2.41. The van der Waals surface area contributed by atoms with Gasteiger partial charge in [0.2, 0.25) is 0 Å². The van der Waals surface area contributed by atoms with Gasteiger partial charge in [0.25, 0.3) is 5.91 Å². The number of carbonyl (C=O) groups excluding carboxylic acids is 1. The quantitative estimate of drug-likeness (QED) is 0.838. The van der Waals surface area contributed by atoms with Gasteiger partial charge in [0.05, 0.1) is 16.6 Å². The van der Waals surface area contributed by atoms with Crippen LogP contribution in [0, 0.1) is 12.8 Å². The monoisotopic (exact) mass is 344 g/mol. The molecule has 0 saturated heterocycles. The van der Waals surface area contributed by atoms with E-state index in [1.807, 2.05) is 20.8 Å². The lowest BCUT2D eigenvalue weighted by molar-refractivity contribution is -0.139. The average Bonchev–Trinajstić information content (AvgIpc) is 3.33. The number of carboxylic acid groups (broad SMARTS) is 1. The lowest BCUT2D eigenvalue weighted by atomic mass is 10.0. The molecule has 0 bridgehead atoms. The molecule has 1 saturated carbocycles. The number of hydrogen-bond acceptors (Lipinski definition) is 4. The van der Waals surface area contributed by atoms with Crippen molar-refractivity contribution in [1.29, 1.82) is 0 Å². The Labute approximate surface area is 146 Å². The number of rotatable bonds is 6. The van der Waals surface area contributed by atoms with Crippen LogP contribution in [-0.4, -0.2) is 37.8 Å². The van der Waals surface area contributed by atoms with Crippen molar-refractivity contribution in [3.8, 4) is 0 Å². The minimum Gasteiger partial charge on any atom is -0.480 e. The van der Waals surface area contributed by atoms with Crippen molar-refractivity contribution >= 4 is 22.9 Å². The first-order valence-corrected chi connectivity index (χ1v) is 8.65. The summed E-state index contributed by atoms with van der Waals surface area (Å²) in [5.74, 6) is -0.839. The van der Waals surface area contributed by atoms with Crippen molar-refractivity contribution in [2.75, 3.05) is 0 Å². The highest BCUT2D eigenvalue weighted by Gasteiger charge is 2.29. The van der Waals surface area contributed by atoms with Gasteiger partial charge in [-0.2, -0.15) is 5.10 Å². The van der Waals surface area contributed by atoms with Crippen LogP contribution in [0.3, 0.4) is 0 Å².